The van der Waals surface area contributed by atoms with E-state index in [4.69, 9.17) is 28.6 Å². The van der Waals surface area contributed by atoms with Crippen LogP contribution < -0.4 is 10.5 Å². The maximum atomic E-state index is 12.0. The maximum absolute atomic E-state index is 12.0. The highest BCUT2D eigenvalue weighted by Gasteiger charge is 2.33. The zero-order valence-corrected chi connectivity index (χ0v) is 26.5. The van der Waals surface area contributed by atoms with Crippen molar-refractivity contribution in [2.45, 2.75) is 34.3 Å². The molecule has 0 aromatic carbocycles. The predicted molar refractivity (Wildman–Crippen MR) is 173 cm³/mol. The van der Waals surface area contributed by atoms with Crippen molar-refractivity contribution in [1.82, 2.24) is 29.0 Å². The summed E-state index contributed by atoms with van der Waals surface area (Å²) in [6.07, 6.45) is 6.87. The molecule has 4 aromatic rings. The lowest BCUT2D eigenvalue weighted by Gasteiger charge is -2.14. The molecular formula is C25H36Cl2N8O8S2. The standard InChI is InChI=1S/C11H12N4O4S.C8H9N3.C2H5ClO.C2H6.CClNO3S.CH4/c16-11-15(5-6-19-11)20(17,18)14-7-8-1-3-12-10-9(8)2-4-13-10;9-5-6-1-3-10-8-7(6)2-4-11-8;3-1-2-4;1-2;2-7(5,6)3-1-4;/h1-4,14H,5-7H2,(H,12,13);1-4H,5,9H2,(H,10,11);4H,1-2H2;1-2H3;;1H4/i;;;1D;;. The van der Waals surface area contributed by atoms with E-state index in [1.807, 2.05) is 24.4 Å². The third-order valence-corrected chi connectivity index (χ3v) is 7.10. The third kappa shape index (κ3) is 13.9. The first-order valence-electron chi connectivity index (χ1n) is 13.1. The second-order valence-corrected chi connectivity index (χ2v) is 11.9. The number of hydrogen-bond acceptors (Lipinski definition) is 11. The molecule has 0 spiro atoms. The van der Waals surface area contributed by atoms with E-state index in [-0.39, 0.29) is 33.7 Å². The molecule has 0 radical (unpaired) electrons. The quantitative estimate of drug-likeness (QED) is 0.0807. The van der Waals surface area contributed by atoms with Crippen molar-refractivity contribution in [3.8, 4) is 0 Å². The number of carbonyl (C=O) groups is 1. The summed E-state index contributed by atoms with van der Waals surface area (Å²) in [5.41, 5.74) is 9.03. The molecule has 45 heavy (non-hydrogen) atoms. The number of nitrogens with two attached hydrogens (primary N) is 1. The molecule has 1 aliphatic heterocycles. The molecule has 1 saturated heterocycles. The van der Waals surface area contributed by atoms with Gasteiger partial charge >= 0.3 is 25.5 Å². The number of aliphatic hydroxyl groups is 1. The fraction of sp³-hybridized carbons (Fsp3) is 0.360. The van der Waals surface area contributed by atoms with E-state index in [0.717, 1.165) is 33.6 Å². The van der Waals surface area contributed by atoms with E-state index in [0.29, 0.717) is 29.3 Å². The van der Waals surface area contributed by atoms with Crippen molar-refractivity contribution in [1.29, 1.82) is 0 Å². The molecular weight excluding hydrogens is 675 g/mol. The fourth-order valence-corrected chi connectivity index (χ4v) is 4.49. The number of aromatic amines is 2. The molecule has 1 amide bonds. The summed E-state index contributed by atoms with van der Waals surface area (Å²) in [6, 6.07) is 7.47. The molecule has 4 aromatic heterocycles. The Morgan fingerprint density at radius 2 is 1.64 bits per heavy atom. The summed E-state index contributed by atoms with van der Waals surface area (Å²) in [6.45, 7) is 3.13. The van der Waals surface area contributed by atoms with Gasteiger partial charge < -0.3 is 25.5 Å². The summed E-state index contributed by atoms with van der Waals surface area (Å²) >= 11 is 4.94. The average molecular weight is 713 g/mol. The van der Waals surface area contributed by atoms with Crippen molar-refractivity contribution in [3.05, 3.63) is 60.2 Å². The second kappa shape index (κ2) is 21.2. The van der Waals surface area contributed by atoms with Crippen LogP contribution in [0.4, 0.5) is 4.79 Å². The van der Waals surface area contributed by atoms with Gasteiger partial charge in [-0.15, -0.1) is 11.6 Å². The molecule has 16 nitrogen and oxygen atoms in total. The first-order chi connectivity index (χ1) is 21.4. The van der Waals surface area contributed by atoms with E-state index in [1.165, 1.54) is 0 Å². The Hall–Kier alpha value is -3.61. The zero-order chi connectivity index (χ0) is 33.9. The number of H-pyrrole nitrogens is 2. The number of amides is 1. The van der Waals surface area contributed by atoms with Crippen LogP contribution >= 0.6 is 22.3 Å². The minimum Gasteiger partial charge on any atom is -0.447 e. The molecule has 0 unspecified atom stereocenters. The summed E-state index contributed by atoms with van der Waals surface area (Å²) in [4.78, 5) is 34.6. The number of cyclic esters (lactones) is 1. The molecule has 20 heteroatoms. The Labute approximate surface area is 272 Å². The van der Waals surface area contributed by atoms with E-state index in [9.17, 15) is 21.6 Å². The fourth-order valence-electron chi connectivity index (χ4n) is 3.26. The Balaban J connectivity index is 0.000000657. The first kappa shape index (κ1) is 39.4. The summed E-state index contributed by atoms with van der Waals surface area (Å²) in [5, 5.41) is 9.70. The molecule has 0 bridgehead atoms. The lowest BCUT2D eigenvalue weighted by atomic mass is 10.2. The minimum absolute atomic E-state index is 0. The number of isocyanates is 1. The van der Waals surface area contributed by atoms with Crippen molar-refractivity contribution in [2.75, 3.05) is 25.6 Å². The van der Waals surface area contributed by atoms with Gasteiger partial charge in [0.1, 0.15) is 17.9 Å². The number of aromatic nitrogens is 4. The van der Waals surface area contributed by atoms with E-state index in [1.54, 1.807) is 31.6 Å². The largest absolute Gasteiger partial charge is 0.447 e. The Morgan fingerprint density at radius 1 is 1.13 bits per heavy atom. The van der Waals surface area contributed by atoms with Crippen LogP contribution in [0, 0.1) is 0 Å². The molecule has 250 valence electrons. The average Bonchev–Trinajstić information content (AvgIpc) is 3.77. The van der Waals surface area contributed by atoms with Crippen molar-refractivity contribution < 1.29 is 37.6 Å². The number of fused-ring (bicyclic) bond motifs is 2. The number of rotatable bonds is 7. The number of aliphatic hydroxyl groups excluding tert-OH is 1. The Bertz CT molecular complexity index is 1750. The Morgan fingerprint density at radius 3 is 2.04 bits per heavy atom. The van der Waals surface area contributed by atoms with Gasteiger partial charge in [-0.25, -0.2) is 19.6 Å². The molecule has 5 rings (SSSR count). The molecule has 0 saturated carbocycles. The van der Waals surface area contributed by atoms with Gasteiger partial charge in [-0.3, -0.25) is 0 Å². The van der Waals surface area contributed by atoms with Crippen LogP contribution in [0.15, 0.2) is 53.5 Å². The number of nitrogens with one attached hydrogen (secondary N) is 3. The topological polar surface area (TPSA) is 243 Å². The van der Waals surface area contributed by atoms with E-state index >= 15 is 0 Å². The van der Waals surface area contributed by atoms with Gasteiger partial charge in [-0.2, -0.15) is 25.9 Å². The highest BCUT2D eigenvalue weighted by atomic mass is 35.7. The maximum Gasteiger partial charge on any atom is 0.424 e. The molecule has 1 fully saturated rings. The second-order valence-electron chi connectivity index (χ2n) is 7.64. The molecule has 6 N–H and O–H groups in total. The zero-order valence-electron chi connectivity index (χ0n) is 24.3. The monoisotopic (exact) mass is 711 g/mol. The molecule has 1 aliphatic rings. The lowest BCUT2D eigenvalue weighted by Crippen LogP contribution is -2.40. The third-order valence-electron chi connectivity index (χ3n) is 5.01. The van der Waals surface area contributed by atoms with Crippen LogP contribution in [0.5, 0.6) is 0 Å². The number of nitrogens with zero attached hydrogens (tertiary/aromatic N) is 4. The number of ether oxygens (including phenoxy) is 1. The van der Waals surface area contributed by atoms with Crippen LogP contribution in [0.25, 0.3) is 22.1 Å². The van der Waals surface area contributed by atoms with Gasteiger partial charge in [0.25, 0.3) is 6.08 Å². The van der Waals surface area contributed by atoms with Gasteiger partial charge in [0.15, 0.2) is 0 Å². The normalized spacial score (nSPS) is 12.2. The van der Waals surface area contributed by atoms with E-state index in [2.05, 4.69) is 44.5 Å². The number of hydrogen-bond donors (Lipinski definition) is 5. The van der Waals surface area contributed by atoms with Gasteiger partial charge in [0, 0.05) is 66.6 Å². The summed E-state index contributed by atoms with van der Waals surface area (Å²) in [7, 11) is -3.51. The van der Waals surface area contributed by atoms with Gasteiger partial charge in [-0.1, -0.05) is 25.6 Å². The SMILES string of the molecule is C.NCc1ccnc2[nH]ccc12.O=C1OCCN1S(=O)(=O)NCc1ccnc2[nH]ccc12.O=C=NS(=O)(=O)Cl.OCCCl.[2H]CC. The van der Waals surface area contributed by atoms with E-state index < -0.39 is 25.5 Å². The van der Waals surface area contributed by atoms with Crippen LogP contribution in [0.1, 0.15) is 33.7 Å². The van der Waals surface area contributed by atoms with Crippen molar-refractivity contribution in [2.24, 2.45) is 10.1 Å². The highest BCUT2D eigenvalue weighted by molar-refractivity contribution is 8.12. The minimum atomic E-state index is -4.00. The predicted octanol–water partition coefficient (Wildman–Crippen LogP) is 3.06. The van der Waals surface area contributed by atoms with Crippen LogP contribution in [-0.4, -0.2) is 84.0 Å². The highest BCUT2D eigenvalue weighted by Crippen LogP contribution is 2.16. The smallest absolute Gasteiger partial charge is 0.424 e. The van der Waals surface area contributed by atoms with Crippen LogP contribution in [-0.2, 0) is 42.1 Å². The molecule has 5 heterocycles. The Kier molecular flexibility index (Phi) is 18.6. The van der Waals surface area contributed by atoms with Crippen LogP contribution in [0.3, 0.4) is 0 Å². The number of alkyl halides is 1. The summed E-state index contributed by atoms with van der Waals surface area (Å²) in [5.74, 6) is 0.347. The first-order valence-corrected chi connectivity index (χ1v) is 16.6. The van der Waals surface area contributed by atoms with Crippen molar-refractivity contribution in [3.63, 3.8) is 0 Å². The summed E-state index contributed by atoms with van der Waals surface area (Å²) < 4.78 is 59.2. The lowest BCUT2D eigenvalue weighted by molar-refractivity contribution is 0.169. The molecule has 0 atom stereocenters. The van der Waals surface area contributed by atoms with Gasteiger partial charge in [0.05, 0.1) is 13.2 Å². The molecule has 0 aliphatic carbocycles. The van der Waals surface area contributed by atoms with Gasteiger partial charge in [0.2, 0.25) is 0 Å². The number of halogens is 2. The van der Waals surface area contributed by atoms with Gasteiger partial charge in [-0.05, 0) is 35.4 Å². The van der Waals surface area contributed by atoms with Crippen LogP contribution in [0.2, 0.25) is 0 Å². The number of pyridine rings is 2. The van der Waals surface area contributed by atoms with Crippen molar-refractivity contribution >= 4 is 76.0 Å². The number of carbonyl (C=O) groups excluding carboxylic acids is 2.